The van der Waals surface area contributed by atoms with E-state index >= 15 is 4.39 Å². The minimum atomic E-state index is -4.03. The monoisotopic (exact) mass is 582 g/mol. The summed E-state index contributed by atoms with van der Waals surface area (Å²) in [7, 11) is 0.190. The number of carbonyl (C=O) groups excluding carboxylic acids is 1. The van der Waals surface area contributed by atoms with Gasteiger partial charge in [0.15, 0.2) is 0 Å². The molecule has 3 heterocycles. The Morgan fingerprint density at radius 2 is 1.85 bits per heavy atom. The normalized spacial score (nSPS) is 19.4. The lowest BCUT2D eigenvalue weighted by Crippen LogP contribution is -2.51. The van der Waals surface area contributed by atoms with E-state index in [1.54, 1.807) is 11.1 Å². The Bertz CT molecular complexity index is 1510. The average Bonchev–Trinajstić information content (AvgIpc) is 2.94. The van der Waals surface area contributed by atoms with Crippen LogP contribution >= 0.6 is 0 Å². The molecule has 0 atom stereocenters. The second-order valence-electron chi connectivity index (χ2n) is 10.9. The maximum Gasteiger partial charge on any atom is 0.330 e. The van der Waals surface area contributed by atoms with Crippen molar-refractivity contribution in [3.63, 3.8) is 0 Å². The number of hydrogen-bond donors (Lipinski definition) is 2. The summed E-state index contributed by atoms with van der Waals surface area (Å²) in [4.78, 5) is 31.9. The number of nitrogens with one attached hydrogen (secondary N) is 2. The second kappa shape index (κ2) is 11.6. The minimum Gasteiger partial charge on any atom is -0.351 e. The number of rotatable bonds is 8. The molecule has 11 nitrogen and oxygen atoms in total. The fraction of sp³-hybridized carbons (Fsp3) is 0.429. The summed E-state index contributed by atoms with van der Waals surface area (Å²) in [5.74, 6) is 0.201. The van der Waals surface area contributed by atoms with Crippen LogP contribution in [0.3, 0.4) is 0 Å². The molecular weight excluding hydrogens is 547 g/mol. The number of amides is 2. The number of nitrogens with zero attached hydrogens (tertiary/aromatic N) is 6. The zero-order valence-electron chi connectivity index (χ0n) is 23.6. The summed E-state index contributed by atoms with van der Waals surface area (Å²) in [6.07, 6.45) is 8.56. The molecule has 3 aromatic rings. The number of benzene rings is 1. The maximum atomic E-state index is 15.1. The number of anilines is 4. The van der Waals surface area contributed by atoms with Crippen LogP contribution in [-0.4, -0.2) is 66.5 Å². The molecule has 2 aromatic heterocycles. The predicted octanol–water partition coefficient (Wildman–Crippen LogP) is 4.45. The Labute approximate surface area is 239 Å². The van der Waals surface area contributed by atoms with Crippen molar-refractivity contribution in [1.29, 1.82) is 0 Å². The van der Waals surface area contributed by atoms with E-state index in [4.69, 9.17) is 4.98 Å². The van der Waals surface area contributed by atoms with Gasteiger partial charge in [-0.3, -0.25) is 19.5 Å². The van der Waals surface area contributed by atoms with Gasteiger partial charge in [-0.2, -0.15) is 4.98 Å². The van der Waals surface area contributed by atoms with Crippen LogP contribution in [0.2, 0.25) is 0 Å². The topological polar surface area (TPSA) is 124 Å². The van der Waals surface area contributed by atoms with Crippen molar-refractivity contribution >= 4 is 39.2 Å². The maximum absolute atomic E-state index is 15.1. The van der Waals surface area contributed by atoms with Crippen molar-refractivity contribution in [3.05, 3.63) is 60.3 Å². The van der Waals surface area contributed by atoms with Crippen LogP contribution in [0.4, 0.5) is 32.3 Å². The third-order valence-electron chi connectivity index (χ3n) is 7.57. The van der Waals surface area contributed by atoms with E-state index in [2.05, 4.69) is 39.0 Å². The predicted molar refractivity (Wildman–Crippen MR) is 156 cm³/mol. The van der Waals surface area contributed by atoms with E-state index in [9.17, 15) is 13.2 Å². The molecule has 1 fully saturated rings. The minimum absolute atomic E-state index is 0.0889. The zero-order chi connectivity index (χ0) is 29.3. The Hall–Kier alpha value is -3.84. The standard InChI is InChI=1S/C28H35FN8O3S/c1-18(2)37-26-19(15-31-27(33-26)32-20-7-9-21(10-8-20)35(3)4)17-36(28(37)38)22-11-12-25(24(29)14-22)34-41(39,40)23-6-5-13-30-16-23/h5-6,11-16,18,20-21,34H,7-10,17H2,1-4H3,(H,31,32,33). The molecule has 0 unspecified atom stereocenters. The van der Waals surface area contributed by atoms with Crippen molar-refractivity contribution in [2.24, 2.45) is 0 Å². The first-order chi connectivity index (χ1) is 19.5. The first kappa shape index (κ1) is 28.7. The molecule has 0 bridgehead atoms. The van der Waals surface area contributed by atoms with Gasteiger partial charge in [0.2, 0.25) is 5.95 Å². The number of pyridine rings is 1. The van der Waals surface area contributed by atoms with Crippen molar-refractivity contribution in [2.45, 2.75) is 69.1 Å². The quantitative estimate of drug-likeness (QED) is 0.399. The van der Waals surface area contributed by atoms with Crippen LogP contribution in [-0.2, 0) is 16.6 Å². The fourth-order valence-electron chi connectivity index (χ4n) is 5.30. The lowest BCUT2D eigenvalue weighted by Gasteiger charge is -2.38. The number of hydrogen-bond acceptors (Lipinski definition) is 8. The van der Waals surface area contributed by atoms with Gasteiger partial charge in [0.25, 0.3) is 10.0 Å². The average molecular weight is 583 g/mol. The van der Waals surface area contributed by atoms with Gasteiger partial charge in [0, 0.05) is 48.0 Å². The van der Waals surface area contributed by atoms with Crippen molar-refractivity contribution in [2.75, 3.05) is 33.9 Å². The SMILES string of the molecule is CC(C)N1C(=O)N(c2ccc(NS(=O)(=O)c3cccnc3)c(F)c2)Cc2cnc(NC3CCC(N(C)C)CC3)nc21. The van der Waals surface area contributed by atoms with E-state index in [1.807, 2.05) is 13.8 Å². The smallest absolute Gasteiger partial charge is 0.330 e. The summed E-state index contributed by atoms with van der Waals surface area (Å²) in [5.41, 5.74) is 0.775. The second-order valence-corrected chi connectivity index (χ2v) is 12.6. The van der Waals surface area contributed by atoms with Crippen LogP contribution in [0, 0.1) is 5.82 Å². The number of urea groups is 1. The molecule has 2 aliphatic rings. The van der Waals surface area contributed by atoms with E-state index in [0.29, 0.717) is 17.8 Å². The van der Waals surface area contributed by atoms with E-state index in [-0.39, 0.29) is 40.9 Å². The molecule has 0 spiro atoms. The van der Waals surface area contributed by atoms with Crippen LogP contribution in [0.5, 0.6) is 0 Å². The molecule has 0 saturated heterocycles. The molecule has 1 aliphatic heterocycles. The van der Waals surface area contributed by atoms with Crippen LogP contribution in [0.25, 0.3) is 0 Å². The van der Waals surface area contributed by atoms with Crippen LogP contribution in [0.15, 0.2) is 53.8 Å². The summed E-state index contributed by atoms with van der Waals surface area (Å²) in [6.45, 7) is 3.92. The summed E-state index contributed by atoms with van der Waals surface area (Å²) < 4.78 is 42.7. The molecule has 0 radical (unpaired) electrons. The van der Waals surface area contributed by atoms with Gasteiger partial charge in [-0.1, -0.05) is 0 Å². The van der Waals surface area contributed by atoms with Gasteiger partial charge in [-0.05, 0) is 84.0 Å². The largest absolute Gasteiger partial charge is 0.351 e. The van der Waals surface area contributed by atoms with E-state index in [1.165, 1.54) is 41.6 Å². The highest BCUT2D eigenvalue weighted by Crippen LogP contribution is 2.34. The van der Waals surface area contributed by atoms with Crippen molar-refractivity contribution < 1.29 is 17.6 Å². The van der Waals surface area contributed by atoms with Crippen molar-refractivity contribution in [1.82, 2.24) is 19.9 Å². The van der Waals surface area contributed by atoms with Crippen molar-refractivity contribution in [3.8, 4) is 0 Å². The van der Waals surface area contributed by atoms with Gasteiger partial charge in [-0.15, -0.1) is 0 Å². The number of fused-ring (bicyclic) bond motifs is 1. The number of halogens is 1. The van der Waals surface area contributed by atoms with Crippen LogP contribution < -0.4 is 19.8 Å². The molecular formula is C28H35FN8O3S. The van der Waals surface area contributed by atoms with E-state index in [0.717, 1.165) is 37.3 Å². The fourth-order valence-corrected chi connectivity index (χ4v) is 6.33. The third-order valence-corrected chi connectivity index (χ3v) is 8.92. The first-order valence-corrected chi connectivity index (χ1v) is 15.1. The lowest BCUT2D eigenvalue weighted by molar-refractivity contribution is 0.221. The third kappa shape index (κ3) is 6.10. The van der Waals surface area contributed by atoms with Gasteiger partial charge in [-0.25, -0.2) is 22.6 Å². The molecule has 218 valence electrons. The van der Waals surface area contributed by atoms with Gasteiger partial charge >= 0.3 is 6.03 Å². The van der Waals surface area contributed by atoms with Gasteiger partial charge < -0.3 is 10.2 Å². The Kier molecular flexibility index (Phi) is 8.09. The number of carbonyl (C=O) groups is 1. The number of aromatic nitrogens is 3. The summed E-state index contributed by atoms with van der Waals surface area (Å²) in [6, 6.07) is 7.07. The molecule has 5 rings (SSSR count). The molecule has 1 aliphatic carbocycles. The lowest BCUT2D eigenvalue weighted by atomic mass is 9.91. The Balaban J connectivity index is 1.35. The molecule has 13 heteroatoms. The zero-order valence-corrected chi connectivity index (χ0v) is 24.4. The molecule has 41 heavy (non-hydrogen) atoms. The first-order valence-electron chi connectivity index (χ1n) is 13.7. The highest BCUT2D eigenvalue weighted by Gasteiger charge is 2.35. The summed E-state index contributed by atoms with van der Waals surface area (Å²) in [5, 5.41) is 3.45. The summed E-state index contributed by atoms with van der Waals surface area (Å²) >= 11 is 0. The highest BCUT2D eigenvalue weighted by molar-refractivity contribution is 7.92. The molecule has 1 aromatic carbocycles. The molecule has 2 N–H and O–H groups in total. The van der Waals surface area contributed by atoms with Crippen LogP contribution in [0.1, 0.15) is 45.1 Å². The number of sulfonamides is 1. The molecule has 1 saturated carbocycles. The Morgan fingerprint density at radius 1 is 1.10 bits per heavy atom. The molecule has 2 amide bonds. The van der Waals surface area contributed by atoms with Gasteiger partial charge in [0.05, 0.1) is 12.2 Å². The van der Waals surface area contributed by atoms with Gasteiger partial charge in [0.1, 0.15) is 16.5 Å². The Morgan fingerprint density at radius 3 is 2.49 bits per heavy atom. The van der Waals surface area contributed by atoms with E-state index < -0.39 is 15.8 Å². The highest BCUT2D eigenvalue weighted by atomic mass is 32.2.